The van der Waals surface area contributed by atoms with Crippen molar-refractivity contribution in [3.8, 4) is 0 Å². The van der Waals surface area contributed by atoms with Gasteiger partial charge in [0.2, 0.25) is 6.54 Å². The standard InChI is InChI=1S/C13H14N2O4/c1-14-8-9(6-7-15(17)18)12-10(13(16)19-2)4-3-5-11(12)14/h3-5,8H,6-7H2,1-2H3. The molecule has 0 aliphatic carbocycles. The minimum Gasteiger partial charge on any atom is -0.465 e. The zero-order chi connectivity index (χ0) is 14.0. The van der Waals surface area contributed by atoms with Crippen molar-refractivity contribution in [2.75, 3.05) is 13.7 Å². The van der Waals surface area contributed by atoms with Crippen LogP contribution in [0.3, 0.4) is 0 Å². The molecule has 6 heteroatoms. The van der Waals surface area contributed by atoms with Crippen LogP contribution in [-0.2, 0) is 18.2 Å². The number of esters is 1. The third kappa shape index (κ3) is 2.42. The van der Waals surface area contributed by atoms with Crippen molar-refractivity contribution < 1.29 is 14.5 Å². The number of aryl methyl sites for hydroxylation is 1. The average Bonchev–Trinajstić information content (AvgIpc) is 2.72. The smallest absolute Gasteiger partial charge is 0.338 e. The van der Waals surface area contributed by atoms with Crippen molar-refractivity contribution in [2.24, 2.45) is 7.05 Å². The number of methoxy groups -OCH3 is 1. The van der Waals surface area contributed by atoms with E-state index in [9.17, 15) is 14.9 Å². The van der Waals surface area contributed by atoms with Crippen LogP contribution in [0.4, 0.5) is 0 Å². The van der Waals surface area contributed by atoms with Crippen molar-refractivity contribution >= 4 is 16.9 Å². The summed E-state index contributed by atoms with van der Waals surface area (Å²) in [7, 11) is 3.17. The van der Waals surface area contributed by atoms with Crippen molar-refractivity contribution in [1.82, 2.24) is 4.57 Å². The number of nitrogens with zero attached hydrogens (tertiary/aromatic N) is 2. The second kappa shape index (κ2) is 5.09. The molecule has 0 aliphatic rings. The third-order valence-corrected chi connectivity index (χ3v) is 3.06. The fraction of sp³-hybridized carbons (Fsp3) is 0.308. The van der Waals surface area contributed by atoms with Gasteiger partial charge < -0.3 is 9.30 Å². The fourth-order valence-corrected chi connectivity index (χ4v) is 2.22. The first-order chi connectivity index (χ1) is 9.04. The number of ether oxygens (including phenoxy) is 1. The van der Waals surface area contributed by atoms with E-state index in [2.05, 4.69) is 0 Å². The highest BCUT2D eigenvalue weighted by Crippen LogP contribution is 2.25. The van der Waals surface area contributed by atoms with Gasteiger partial charge in [-0.2, -0.15) is 0 Å². The van der Waals surface area contributed by atoms with E-state index in [0.717, 1.165) is 16.5 Å². The van der Waals surface area contributed by atoms with Crippen molar-refractivity contribution in [1.29, 1.82) is 0 Å². The summed E-state index contributed by atoms with van der Waals surface area (Å²) < 4.78 is 6.61. The monoisotopic (exact) mass is 262 g/mol. The van der Waals surface area contributed by atoms with Crippen molar-refractivity contribution in [2.45, 2.75) is 6.42 Å². The van der Waals surface area contributed by atoms with Gasteiger partial charge in [-0.3, -0.25) is 10.1 Å². The molecule has 0 bridgehead atoms. The number of hydrogen-bond acceptors (Lipinski definition) is 4. The van der Waals surface area contributed by atoms with Crippen LogP contribution in [0, 0.1) is 10.1 Å². The van der Waals surface area contributed by atoms with Crippen LogP contribution in [0.15, 0.2) is 24.4 Å². The highest BCUT2D eigenvalue weighted by molar-refractivity contribution is 6.05. The number of benzene rings is 1. The van der Waals surface area contributed by atoms with Gasteiger partial charge in [-0.25, -0.2) is 4.79 Å². The topological polar surface area (TPSA) is 74.4 Å². The zero-order valence-electron chi connectivity index (χ0n) is 10.8. The van der Waals surface area contributed by atoms with Crippen LogP contribution in [0.1, 0.15) is 15.9 Å². The number of fused-ring (bicyclic) bond motifs is 1. The molecule has 1 aromatic carbocycles. The molecule has 0 saturated carbocycles. The lowest BCUT2D eigenvalue weighted by Gasteiger charge is -2.03. The largest absolute Gasteiger partial charge is 0.465 e. The highest BCUT2D eigenvalue weighted by Gasteiger charge is 2.17. The summed E-state index contributed by atoms with van der Waals surface area (Å²) >= 11 is 0. The average molecular weight is 262 g/mol. The Hall–Kier alpha value is -2.37. The summed E-state index contributed by atoms with van der Waals surface area (Å²) in [6, 6.07) is 5.31. The maximum Gasteiger partial charge on any atom is 0.338 e. The van der Waals surface area contributed by atoms with Gasteiger partial charge >= 0.3 is 5.97 Å². The van der Waals surface area contributed by atoms with Gasteiger partial charge in [-0.15, -0.1) is 0 Å². The lowest BCUT2D eigenvalue weighted by molar-refractivity contribution is -0.479. The fourth-order valence-electron chi connectivity index (χ4n) is 2.22. The zero-order valence-corrected chi connectivity index (χ0v) is 10.8. The molecule has 1 aromatic heterocycles. The molecule has 2 aromatic rings. The number of hydrogen-bond donors (Lipinski definition) is 0. The molecule has 0 radical (unpaired) electrons. The number of nitro groups is 1. The van der Waals surface area contributed by atoms with Crippen LogP contribution < -0.4 is 0 Å². The van der Waals surface area contributed by atoms with Crippen LogP contribution in [0.5, 0.6) is 0 Å². The Labute approximate surface area is 109 Å². The third-order valence-electron chi connectivity index (χ3n) is 3.06. The molecule has 0 unspecified atom stereocenters. The molecular weight excluding hydrogens is 248 g/mol. The van der Waals surface area contributed by atoms with Crippen LogP contribution in [-0.4, -0.2) is 29.1 Å². The molecule has 0 saturated heterocycles. The summed E-state index contributed by atoms with van der Waals surface area (Å²) in [6.07, 6.45) is 2.11. The Morgan fingerprint density at radius 1 is 1.47 bits per heavy atom. The maximum atomic E-state index is 11.8. The molecule has 0 amide bonds. The molecule has 0 spiro atoms. The predicted molar refractivity (Wildman–Crippen MR) is 69.8 cm³/mol. The first-order valence-electron chi connectivity index (χ1n) is 5.81. The van der Waals surface area contributed by atoms with Gasteiger partial charge in [0.25, 0.3) is 0 Å². The molecule has 0 fully saturated rings. The minimum atomic E-state index is -0.431. The van der Waals surface area contributed by atoms with Gasteiger partial charge in [0.05, 0.1) is 12.7 Å². The Morgan fingerprint density at radius 2 is 2.21 bits per heavy atom. The van der Waals surface area contributed by atoms with E-state index < -0.39 is 5.97 Å². The van der Waals surface area contributed by atoms with E-state index in [1.54, 1.807) is 12.1 Å². The molecule has 19 heavy (non-hydrogen) atoms. The first kappa shape index (κ1) is 13.1. The van der Waals surface area contributed by atoms with E-state index in [0.29, 0.717) is 12.0 Å². The van der Waals surface area contributed by atoms with Crippen molar-refractivity contribution in [3.63, 3.8) is 0 Å². The molecule has 6 nitrogen and oxygen atoms in total. The second-order valence-electron chi connectivity index (χ2n) is 4.26. The maximum absolute atomic E-state index is 11.8. The molecule has 0 N–H and O–H groups in total. The van der Waals surface area contributed by atoms with Gasteiger partial charge in [0.1, 0.15) is 0 Å². The van der Waals surface area contributed by atoms with E-state index in [1.807, 2.05) is 23.9 Å². The van der Waals surface area contributed by atoms with Crippen LogP contribution in [0.25, 0.3) is 10.9 Å². The van der Waals surface area contributed by atoms with Gasteiger partial charge in [0.15, 0.2) is 0 Å². The molecule has 0 atom stereocenters. The van der Waals surface area contributed by atoms with Gasteiger partial charge in [0, 0.05) is 35.5 Å². The van der Waals surface area contributed by atoms with Gasteiger partial charge in [-0.1, -0.05) is 6.07 Å². The van der Waals surface area contributed by atoms with E-state index in [-0.39, 0.29) is 11.5 Å². The summed E-state index contributed by atoms with van der Waals surface area (Å²) in [5, 5.41) is 11.2. The summed E-state index contributed by atoms with van der Waals surface area (Å²) in [4.78, 5) is 21.9. The molecule has 100 valence electrons. The summed E-state index contributed by atoms with van der Waals surface area (Å²) in [5.41, 5.74) is 2.09. The lowest BCUT2D eigenvalue weighted by atomic mass is 10.0. The van der Waals surface area contributed by atoms with E-state index in [4.69, 9.17) is 4.74 Å². The Bertz CT molecular complexity index is 645. The SMILES string of the molecule is COC(=O)c1cccc2c1c(CC[N+](=O)[O-])cn2C. The van der Waals surface area contributed by atoms with E-state index >= 15 is 0 Å². The first-order valence-corrected chi connectivity index (χ1v) is 5.81. The Balaban J connectivity index is 2.57. The normalized spacial score (nSPS) is 10.6. The second-order valence-corrected chi connectivity index (χ2v) is 4.26. The predicted octanol–water partition coefficient (Wildman–Crippen LogP) is 1.78. The van der Waals surface area contributed by atoms with Crippen molar-refractivity contribution in [3.05, 3.63) is 45.6 Å². The highest BCUT2D eigenvalue weighted by atomic mass is 16.6. The summed E-state index contributed by atoms with van der Waals surface area (Å²) in [6.45, 7) is -0.158. The molecular formula is C13H14N2O4. The number of carbonyl (C=O) groups excluding carboxylic acids is 1. The Kier molecular flexibility index (Phi) is 3.50. The quantitative estimate of drug-likeness (QED) is 0.478. The number of carbonyl (C=O) groups is 1. The van der Waals surface area contributed by atoms with Gasteiger partial charge in [-0.05, 0) is 17.7 Å². The van der Waals surface area contributed by atoms with E-state index in [1.165, 1.54) is 7.11 Å². The molecule has 2 rings (SSSR count). The minimum absolute atomic E-state index is 0.158. The number of rotatable bonds is 4. The Morgan fingerprint density at radius 3 is 2.84 bits per heavy atom. The van der Waals surface area contributed by atoms with Crippen LogP contribution >= 0.6 is 0 Å². The van der Waals surface area contributed by atoms with Crippen LogP contribution in [0.2, 0.25) is 0 Å². The molecule has 0 aliphatic heterocycles. The number of aromatic nitrogens is 1. The molecule has 1 heterocycles. The lowest BCUT2D eigenvalue weighted by Crippen LogP contribution is -2.06. The summed E-state index contributed by atoms with van der Waals surface area (Å²) in [5.74, 6) is -0.431.